The lowest BCUT2D eigenvalue weighted by Crippen LogP contribution is -2.23. The van der Waals surface area contributed by atoms with Gasteiger partial charge >= 0.3 is 5.97 Å². The van der Waals surface area contributed by atoms with Crippen molar-refractivity contribution < 1.29 is 23.5 Å². The zero-order chi connectivity index (χ0) is 17.7. The Morgan fingerprint density at radius 2 is 1.83 bits per heavy atom. The number of carbonyl (C=O) groups excluding carboxylic acids is 3. The van der Waals surface area contributed by atoms with Gasteiger partial charge in [0.2, 0.25) is 5.91 Å². The highest BCUT2D eigenvalue weighted by Crippen LogP contribution is 2.14. The van der Waals surface area contributed by atoms with Crippen LogP contribution in [-0.2, 0) is 9.53 Å². The van der Waals surface area contributed by atoms with Gasteiger partial charge in [-0.05, 0) is 25.5 Å². The smallest absolute Gasteiger partial charge is 0.342 e. The van der Waals surface area contributed by atoms with E-state index in [1.165, 1.54) is 19.3 Å². The third-order valence-electron chi connectivity index (χ3n) is 3.57. The molecule has 0 bridgehead atoms. The second kappa shape index (κ2) is 7.59. The largest absolute Gasteiger partial charge is 0.469 e. The molecule has 1 atom stereocenters. The Balaban J connectivity index is 1.94. The number of furan rings is 1. The van der Waals surface area contributed by atoms with Gasteiger partial charge in [-0.3, -0.25) is 9.59 Å². The Kier molecular flexibility index (Phi) is 5.52. The minimum absolute atomic E-state index is 0.121. The number of nitrogens with one attached hydrogen (secondary N) is 1. The van der Waals surface area contributed by atoms with Crippen LogP contribution in [0, 0.1) is 6.92 Å². The quantitative estimate of drug-likeness (QED) is 0.650. The molecule has 2 rings (SSSR count). The van der Waals surface area contributed by atoms with Gasteiger partial charge < -0.3 is 14.5 Å². The number of hydrogen-bond donors (Lipinski definition) is 1. The van der Waals surface area contributed by atoms with E-state index >= 15 is 0 Å². The fourth-order valence-corrected chi connectivity index (χ4v) is 2.23. The molecule has 1 unspecified atom stereocenters. The molecular formula is C18H19NO5. The van der Waals surface area contributed by atoms with Gasteiger partial charge in [0.1, 0.15) is 11.3 Å². The van der Waals surface area contributed by atoms with Crippen molar-refractivity contribution >= 4 is 17.7 Å². The molecule has 6 nitrogen and oxygen atoms in total. The molecule has 0 saturated heterocycles. The maximum Gasteiger partial charge on any atom is 0.342 e. The maximum atomic E-state index is 12.1. The van der Waals surface area contributed by atoms with Gasteiger partial charge in [0, 0.05) is 12.5 Å². The van der Waals surface area contributed by atoms with Crippen LogP contribution in [0.2, 0.25) is 0 Å². The first-order valence-corrected chi connectivity index (χ1v) is 7.50. The summed E-state index contributed by atoms with van der Waals surface area (Å²) in [5, 5.41) is 2.77. The Morgan fingerprint density at radius 3 is 2.38 bits per heavy atom. The normalized spacial score (nSPS) is 11.6. The summed E-state index contributed by atoms with van der Waals surface area (Å²) < 4.78 is 10.0. The lowest BCUT2D eigenvalue weighted by molar-refractivity contribution is -0.119. The van der Waals surface area contributed by atoms with Crippen molar-refractivity contribution in [3.8, 4) is 0 Å². The number of amides is 1. The molecule has 1 aromatic heterocycles. The van der Waals surface area contributed by atoms with Gasteiger partial charge in [0.25, 0.3) is 0 Å². The summed E-state index contributed by atoms with van der Waals surface area (Å²) in [6.07, 6.45) is 1.39. The molecule has 0 aliphatic carbocycles. The van der Waals surface area contributed by atoms with E-state index in [-0.39, 0.29) is 24.3 Å². The minimum Gasteiger partial charge on any atom is -0.469 e. The van der Waals surface area contributed by atoms with Gasteiger partial charge in [-0.25, -0.2) is 4.79 Å². The number of hydrogen-bond acceptors (Lipinski definition) is 5. The van der Waals surface area contributed by atoms with Crippen LogP contribution in [-0.4, -0.2) is 24.3 Å². The van der Waals surface area contributed by atoms with Crippen LogP contribution in [0.25, 0.3) is 0 Å². The van der Waals surface area contributed by atoms with E-state index in [4.69, 9.17) is 9.15 Å². The maximum absolute atomic E-state index is 12.1. The molecule has 1 aromatic carbocycles. The molecule has 0 saturated carbocycles. The molecule has 0 aliphatic heterocycles. The molecule has 1 N–H and O–H groups in total. The summed E-state index contributed by atoms with van der Waals surface area (Å²) in [7, 11) is 0. The van der Waals surface area contributed by atoms with Crippen molar-refractivity contribution in [2.24, 2.45) is 0 Å². The minimum atomic E-state index is -0.592. The molecule has 6 heteroatoms. The number of Topliss-reactive ketones (excluding diaryl/α,β-unsaturated/α-hetero) is 1. The summed E-state index contributed by atoms with van der Waals surface area (Å²) in [5.74, 6) is -0.568. The van der Waals surface area contributed by atoms with Crippen molar-refractivity contribution in [1.82, 2.24) is 5.32 Å². The standard InChI is InChI=1S/C18H19NO5/c1-11(19-13(3)20)14-4-6-15(7-5-14)17(21)10-24-18(22)16-8-9-23-12(16)2/h4-9,11H,10H2,1-3H3,(H,19,20). The summed E-state index contributed by atoms with van der Waals surface area (Å²) in [4.78, 5) is 35.0. The number of ketones is 1. The summed E-state index contributed by atoms with van der Waals surface area (Å²) in [5.41, 5.74) is 1.63. The third kappa shape index (κ3) is 4.32. The van der Waals surface area contributed by atoms with E-state index in [1.54, 1.807) is 31.2 Å². The molecule has 24 heavy (non-hydrogen) atoms. The van der Waals surface area contributed by atoms with Crippen molar-refractivity contribution in [2.75, 3.05) is 6.61 Å². The number of benzene rings is 1. The van der Waals surface area contributed by atoms with E-state index in [1.807, 2.05) is 6.92 Å². The summed E-state index contributed by atoms with van der Waals surface area (Å²) >= 11 is 0. The van der Waals surface area contributed by atoms with Crippen LogP contribution < -0.4 is 5.32 Å². The highest BCUT2D eigenvalue weighted by molar-refractivity contribution is 5.99. The van der Waals surface area contributed by atoms with Gasteiger partial charge in [-0.2, -0.15) is 0 Å². The van der Waals surface area contributed by atoms with Crippen molar-refractivity contribution in [3.05, 3.63) is 59.0 Å². The molecular weight excluding hydrogens is 310 g/mol. The zero-order valence-corrected chi connectivity index (χ0v) is 13.8. The predicted molar refractivity (Wildman–Crippen MR) is 86.7 cm³/mol. The predicted octanol–water partition coefficient (Wildman–Crippen LogP) is 2.82. The fourth-order valence-electron chi connectivity index (χ4n) is 2.23. The van der Waals surface area contributed by atoms with Crippen LogP contribution in [0.4, 0.5) is 0 Å². The average molecular weight is 329 g/mol. The van der Waals surface area contributed by atoms with E-state index < -0.39 is 5.97 Å². The first kappa shape index (κ1) is 17.5. The number of rotatable bonds is 6. The van der Waals surface area contributed by atoms with Crippen LogP contribution >= 0.6 is 0 Å². The highest BCUT2D eigenvalue weighted by Gasteiger charge is 2.16. The number of ether oxygens (including phenoxy) is 1. The Labute approximate surface area is 139 Å². The fraction of sp³-hybridized carbons (Fsp3) is 0.278. The number of aryl methyl sites for hydroxylation is 1. The van der Waals surface area contributed by atoms with Gasteiger partial charge in [-0.1, -0.05) is 24.3 Å². The Bertz CT molecular complexity index is 745. The molecule has 0 spiro atoms. The lowest BCUT2D eigenvalue weighted by Gasteiger charge is -2.13. The average Bonchev–Trinajstić information content (AvgIpc) is 2.98. The topological polar surface area (TPSA) is 85.6 Å². The van der Waals surface area contributed by atoms with Crippen LogP contribution in [0.5, 0.6) is 0 Å². The van der Waals surface area contributed by atoms with Gasteiger partial charge in [-0.15, -0.1) is 0 Å². The van der Waals surface area contributed by atoms with Crippen molar-refractivity contribution in [2.45, 2.75) is 26.8 Å². The number of esters is 1. The van der Waals surface area contributed by atoms with Crippen LogP contribution in [0.3, 0.4) is 0 Å². The van der Waals surface area contributed by atoms with Crippen LogP contribution in [0.15, 0.2) is 41.0 Å². The lowest BCUT2D eigenvalue weighted by atomic mass is 10.0. The van der Waals surface area contributed by atoms with E-state index in [0.29, 0.717) is 16.9 Å². The van der Waals surface area contributed by atoms with E-state index in [2.05, 4.69) is 5.32 Å². The zero-order valence-electron chi connectivity index (χ0n) is 13.8. The van der Waals surface area contributed by atoms with Crippen molar-refractivity contribution in [3.63, 3.8) is 0 Å². The monoisotopic (exact) mass is 329 g/mol. The molecule has 0 aliphatic rings. The summed E-state index contributed by atoms with van der Waals surface area (Å²) in [6.45, 7) is 4.61. The molecule has 126 valence electrons. The molecule has 0 radical (unpaired) electrons. The first-order valence-electron chi connectivity index (χ1n) is 7.50. The van der Waals surface area contributed by atoms with Gasteiger partial charge in [0.15, 0.2) is 12.4 Å². The van der Waals surface area contributed by atoms with E-state index in [0.717, 1.165) is 5.56 Å². The van der Waals surface area contributed by atoms with Crippen LogP contribution in [0.1, 0.15) is 51.9 Å². The third-order valence-corrected chi connectivity index (χ3v) is 3.57. The summed E-state index contributed by atoms with van der Waals surface area (Å²) in [6, 6.07) is 8.17. The second-order valence-corrected chi connectivity index (χ2v) is 5.43. The Hall–Kier alpha value is -2.89. The molecule has 0 fully saturated rings. The van der Waals surface area contributed by atoms with Gasteiger partial charge in [0.05, 0.1) is 12.3 Å². The molecule has 2 aromatic rings. The Morgan fingerprint density at radius 1 is 1.17 bits per heavy atom. The first-order chi connectivity index (χ1) is 11.4. The molecule has 1 amide bonds. The number of carbonyl (C=O) groups is 3. The van der Waals surface area contributed by atoms with Crippen molar-refractivity contribution in [1.29, 1.82) is 0 Å². The second-order valence-electron chi connectivity index (χ2n) is 5.43. The molecule has 1 heterocycles. The van der Waals surface area contributed by atoms with E-state index in [9.17, 15) is 14.4 Å². The SMILES string of the molecule is CC(=O)NC(C)c1ccc(C(=O)COC(=O)c2ccoc2C)cc1. The highest BCUT2D eigenvalue weighted by atomic mass is 16.5.